The van der Waals surface area contributed by atoms with Gasteiger partial charge in [0.1, 0.15) is 5.76 Å². The molecule has 3 N–H and O–H groups in total. The second kappa shape index (κ2) is 6.65. The Morgan fingerprint density at radius 3 is 2.58 bits per heavy atom. The molecule has 6 nitrogen and oxygen atoms in total. The predicted octanol–water partition coefficient (Wildman–Crippen LogP) is 0.889. The van der Waals surface area contributed by atoms with Gasteiger partial charge in [0.15, 0.2) is 0 Å². The minimum atomic E-state index is -0.927. The zero-order valence-electron chi connectivity index (χ0n) is 14.4. The summed E-state index contributed by atoms with van der Waals surface area (Å²) < 4.78 is 5.91. The zero-order valence-corrected chi connectivity index (χ0v) is 14.4. The summed E-state index contributed by atoms with van der Waals surface area (Å²) in [5.74, 6) is 0.801. The van der Waals surface area contributed by atoms with Gasteiger partial charge in [0.05, 0.1) is 21.8 Å². The molecular weight excluding hydrogens is 330 g/mol. The Balaban J connectivity index is 1.64. The first-order chi connectivity index (χ1) is 12.6. The van der Waals surface area contributed by atoms with Gasteiger partial charge in [-0.05, 0) is 42.3 Å². The predicted molar refractivity (Wildman–Crippen MR) is 97.2 cm³/mol. The van der Waals surface area contributed by atoms with Crippen molar-refractivity contribution in [1.29, 1.82) is 0 Å². The lowest BCUT2D eigenvalue weighted by atomic mass is 10.0. The highest BCUT2D eigenvalue weighted by molar-refractivity contribution is 5.88. The molecule has 0 atom stereocenters. The molecule has 2 aromatic rings. The number of aromatic nitrogens is 1. The fourth-order valence-corrected chi connectivity index (χ4v) is 3.07. The lowest BCUT2D eigenvalue weighted by Gasteiger charge is -2.11. The Hall–Kier alpha value is -3.12. The number of rotatable bonds is 2. The first kappa shape index (κ1) is 16.4. The van der Waals surface area contributed by atoms with Crippen LogP contribution in [0.15, 0.2) is 54.1 Å². The average Bonchev–Trinajstić information content (AvgIpc) is 3.12. The highest BCUT2D eigenvalue weighted by Gasteiger charge is 2.22. The van der Waals surface area contributed by atoms with Gasteiger partial charge in [-0.25, -0.2) is 4.79 Å². The summed E-state index contributed by atoms with van der Waals surface area (Å²) in [6.45, 7) is 3.70. The van der Waals surface area contributed by atoms with Gasteiger partial charge in [-0.1, -0.05) is 12.1 Å². The molecule has 0 radical (unpaired) electrons. The van der Waals surface area contributed by atoms with E-state index >= 15 is 0 Å². The van der Waals surface area contributed by atoms with Gasteiger partial charge in [-0.15, -0.1) is 0 Å². The van der Waals surface area contributed by atoms with E-state index in [4.69, 9.17) is 9.84 Å². The molecule has 0 spiro atoms. The molecule has 132 valence electrons. The van der Waals surface area contributed by atoms with Crippen molar-refractivity contribution in [3.8, 4) is 0 Å². The van der Waals surface area contributed by atoms with Crippen molar-refractivity contribution in [2.24, 2.45) is 0 Å². The lowest BCUT2D eigenvalue weighted by molar-refractivity contribution is 0.0697. The standard InChI is InChI=1S/C20H19N3O3/c1-12(13-2-4-14(5-3-13)20(24)25)16-7-6-15(10-22-16)19-23-17-11-21-9-8-18(17)26-19/h2-7,10,21,23H,8-9,11H2,1H3,(H,24,25)/b16-12+,19-15?. The number of nitrogens with one attached hydrogen (secondary N) is 2. The maximum atomic E-state index is 11.0. The largest absolute Gasteiger partial charge is 0.478 e. The third kappa shape index (κ3) is 3.07. The van der Waals surface area contributed by atoms with Crippen LogP contribution in [-0.2, 0) is 4.74 Å². The smallest absolute Gasteiger partial charge is 0.335 e. The SMILES string of the molecule is C/C(c1ccc(C(=O)O)cc1)=c1/ccc(=C2NC3=C(CCNC3)O2)cn1. The summed E-state index contributed by atoms with van der Waals surface area (Å²) in [5.41, 5.74) is 3.30. The van der Waals surface area contributed by atoms with Gasteiger partial charge < -0.3 is 20.5 Å². The monoisotopic (exact) mass is 349 g/mol. The van der Waals surface area contributed by atoms with E-state index in [1.54, 1.807) is 30.5 Å². The van der Waals surface area contributed by atoms with Crippen molar-refractivity contribution < 1.29 is 14.6 Å². The summed E-state index contributed by atoms with van der Waals surface area (Å²) in [7, 11) is 0. The van der Waals surface area contributed by atoms with Crippen molar-refractivity contribution in [2.45, 2.75) is 13.3 Å². The molecule has 0 unspecified atom stereocenters. The Bertz CT molecular complexity index is 980. The Morgan fingerprint density at radius 2 is 1.92 bits per heavy atom. The van der Waals surface area contributed by atoms with Crippen molar-refractivity contribution in [3.63, 3.8) is 0 Å². The number of hydrogen-bond acceptors (Lipinski definition) is 5. The number of carboxylic acid groups (broad SMARTS) is 1. The van der Waals surface area contributed by atoms with Crippen LogP contribution in [-0.4, -0.2) is 29.1 Å². The summed E-state index contributed by atoms with van der Waals surface area (Å²) in [4.78, 5) is 15.5. The van der Waals surface area contributed by atoms with E-state index in [0.717, 1.165) is 58.6 Å². The van der Waals surface area contributed by atoms with Crippen LogP contribution in [0.5, 0.6) is 0 Å². The molecule has 0 saturated heterocycles. The molecule has 0 bridgehead atoms. The van der Waals surface area contributed by atoms with Gasteiger partial charge in [-0.2, -0.15) is 0 Å². The molecule has 2 aliphatic rings. The molecule has 0 fully saturated rings. The minimum absolute atomic E-state index is 0.275. The molecule has 0 amide bonds. The molecule has 3 heterocycles. The van der Waals surface area contributed by atoms with Gasteiger partial charge in [0.25, 0.3) is 0 Å². The number of ether oxygens (including phenoxy) is 1. The van der Waals surface area contributed by atoms with E-state index in [2.05, 4.69) is 15.6 Å². The maximum absolute atomic E-state index is 11.0. The van der Waals surface area contributed by atoms with Crippen molar-refractivity contribution in [2.75, 3.05) is 13.1 Å². The van der Waals surface area contributed by atoms with Crippen molar-refractivity contribution in [3.05, 3.63) is 75.7 Å². The van der Waals surface area contributed by atoms with Crippen molar-refractivity contribution >= 4 is 17.4 Å². The highest BCUT2D eigenvalue weighted by atomic mass is 16.5. The quantitative estimate of drug-likeness (QED) is 0.747. The zero-order chi connectivity index (χ0) is 18.1. The summed E-state index contributed by atoms with van der Waals surface area (Å²) >= 11 is 0. The van der Waals surface area contributed by atoms with Crippen LogP contribution in [0.3, 0.4) is 0 Å². The molecule has 0 saturated carbocycles. The van der Waals surface area contributed by atoms with Crippen molar-refractivity contribution in [1.82, 2.24) is 15.6 Å². The van der Waals surface area contributed by atoms with Crippen LogP contribution in [0, 0.1) is 0 Å². The van der Waals surface area contributed by atoms with Gasteiger partial charge in [0.2, 0.25) is 5.88 Å². The number of hydrogen-bond donors (Lipinski definition) is 3. The van der Waals surface area contributed by atoms with Gasteiger partial charge in [0, 0.05) is 25.7 Å². The number of pyridine rings is 1. The average molecular weight is 349 g/mol. The van der Waals surface area contributed by atoms with Crippen LogP contribution >= 0.6 is 0 Å². The van der Waals surface area contributed by atoms with Crippen LogP contribution in [0.1, 0.15) is 29.3 Å². The fourth-order valence-electron chi connectivity index (χ4n) is 3.07. The first-order valence-electron chi connectivity index (χ1n) is 8.50. The molecular formula is C20H19N3O3. The summed E-state index contributed by atoms with van der Waals surface area (Å²) in [6, 6.07) is 10.7. The van der Waals surface area contributed by atoms with E-state index in [0.29, 0.717) is 0 Å². The first-order valence-corrected chi connectivity index (χ1v) is 8.50. The molecule has 1 aromatic heterocycles. The molecule has 6 heteroatoms. The lowest BCUT2D eigenvalue weighted by Crippen LogP contribution is -2.28. The minimum Gasteiger partial charge on any atom is -0.478 e. The van der Waals surface area contributed by atoms with Crippen LogP contribution in [0.25, 0.3) is 11.5 Å². The van der Waals surface area contributed by atoms with Crippen LogP contribution in [0.2, 0.25) is 0 Å². The van der Waals surface area contributed by atoms with E-state index in [1.807, 2.05) is 19.1 Å². The summed E-state index contributed by atoms with van der Waals surface area (Å²) in [5, 5.41) is 17.4. The molecule has 26 heavy (non-hydrogen) atoms. The number of carboxylic acids is 1. The van der Waals surface area contributed by atoms with E-state index in [9.17, 15) is 4.79 Å². The second-order valence-electron chi connectivity index (χ2n) is 6.32. The van der Waals surface area contributed by atoms with E-state index in [1.165, 1.54) is 0 Å². The van der Waals surface area contributed by atoms with E-state index in [-0.39, 0.29) is 5.56 Å². The Morgan fingerprint density at radius 1 is 1.15 bits per heavy atom. The Labute approximate surface area is 150 Å². The third-order valence-corrected chi connectivity index (χ3v) is 4.63. The molecule has 1 aromatic carbocycles. The summed E-state index contributed by atoms with van der Waals surface area (Å²) in [6.07, 6.45) is 2.68. The number of nitrogens with zero attached hydrogens (tertiary/aromatic N) is 1. The number of benzene rings is 1. The number of carbonyl (C=O) groups is 1. The van der Waals surface area contributed by atoms with Crippen LogP contribution in [0.4, 0.5) is 0 Å². The molecule has 0 aliphatic carbocycles. The maximum Gasteiger partial charge on any atom is 0.335 e. The van der Waals surface area contributed by atoms with Gasteiger partial charge >= 0.3 is 5.97 Å². The number of aromatic carboxylic acids is 1. The topological polar surface area (TPSA) is 83.5 Å². The van der Waals surface area contributed by atoms with E-state index < -0.39 is 5.97 Å². The normalized spacial score (nSPS) is 19.4. The fraction of sp³-hybridized carbons (Fsp3) is 0.200. The highest BCUT2D eigenvalue weighted by Crippen LogP contribution is 2.22. The molecule has 4 rings (SSSR count). The second-order valence-corrected chi connectivity index (χ2v) is 6.32. The Kier molecular flexibility index (Phi) is 4.18. The van der Waals surface area contributed by atoms with Crippen LogP contribution < -0.4 is 21.2 Å². The third-order valence-electron chi connectivity index (χ3n) is 4.63. The molecule has 2 aliphatic heterocycles. The van der Waals surface area contributed by atoms with Gasteiger partial charge in [-0.3, -0.25) is 4.98 Å².